The Bertz CT molecular complexity index is 324. The van der Waals surface area contributed by atoms with Gasteiger partial charge < -0.3 is 14.6 Å². The van der Waals surface area contributed by atoms with E-state index >= 15 is 0 Å². The van der Waals surface area contributed by atoms with Crippen LogP contribution < -0.4 is 5.32 Å². The van der Waals surface area contributed by atoms with E-state index in [9.17, 15) is 0 Å². The van der Waals surface area contributed by atoms with Crippen LogP contribution in [0.25, 0.3) is 0 Å². The number of aryl methyl sites for hydroxylation is 1. The molecule has 0 spiro atoms. The number of hydrogen-bond donors (Lipinski definition) is 1. The summed E-state index contributed by atoms with van der Waals surface area (Å²) in [6.45, 7) is 8.18. The first-order chi connectivity index (χ1) is 7.77. The summed E-state index contributed by atoms with van der Waals surface area (Å²) in [5.41, 5.74) is 0. The van der Waals surface area contributed by atoms with Crippen LogP contribution in [-0.4, -0.2) is 35.4 Å². The van der Waals surface area contributed by atoms with Gasteiger partial charge in [0.15, 0.2) is 0 Å². The van der Waals surface area contributed by atoms with Crippen molar-refractivity contribution in [2.75, 3.05) is 19.7 Å². The monoisotopic (exact) mass is 223 g/mol. The Balaban J connectivity index is 1.63. The lowest BCUT2D eigenvalue weighted by atomic mass is 10.0. The van der Waals surface area contributed by atoms with E-state index in [2.05, 4.69) is 21.8 Å². The summed E-state index contributed by atoms with van der Waals surface area (Å²) in [6, 6.07) is 0. The fourth-order valence-electron chi connectivity index (χ4n) is 2.17. The molecule has 4 nitrogen and oxygen atoms in total. The van der Waals surface area contributed by atoms with E-state index in [0.29, 0.717) is 12.0 Å². The van der Waals surface area contributed by atoms with E-state index in [1.807, 2.05) is 19.3 Å². The molecule has 0 aromatic carbocycles. The number of nitrogens with zero attached hydrogens (tertiary/aromatic N) is 2. The highest BCUT2D eigenvalue weighted by molar-refractivity contribution is 4.88. The SMILES string of the molecule is Cc1nccn1CCNCC1CCOC1C. The summed E-state index contributed by atoms with van der Waals surface area (Å²) in [5, 5.41) is 3.49. The molecule has 4 heteroatoms. The van der Waals surface area contributed by atoms with Crippen molar-refractivity contribution in [1.82, 2.24) is 14.9 Å². The molecule has 2 heterocycles. The fraction of sp³-hybridized carbons (Fsp3) is 0.750. The van der Waals surface area contributed by atoms with Gasteiger partial charge in [-0.25, -0.2) is 4.98 Å². The van der Waals surface area contributed by atoms with Crippen molar-refractivity contribution in [3.63, 3.8) is 0 Å². The van der Waals surface area contributed by atoms with E-state index in [0.717, 1.165) is 32.1 Å². The van der Waals surface area contributed by atoms with Crippen molar-refractivity contribution in [3.8, 4) is 0 Å². The second kappa shape index (κ2) is 5.46. The average molecular weight is 223 g/mol. The van der Waals surface area contributed by atoms with Gasteiger partial charge in [-0.05, 0) is 26.2 Å². The molecule has 0 amide bonds. The van der Waals surface area contributed by atoms with Gasteiger partial charge in [-0.15, -0.1) is 0 Å². The average Bonchev–Trinajstić information content (AvgIpc) is 2.84. The topological polar surface area (TPSA) is 39.1 Å². The number of imidazole rings is 1. The van der Waals surface area contributed by atoms with Gasteiger partial charge in [-0.3, -0.25) is 0 Å². The molecule has 2 atom stereocenters. The van der Waals surface area contributed by atoms with Crippen molar-refractivity contribution in [3.05, 3.63) is 18.2 Å². The Morgan fingerprint density at radius 3 is 3.12 bits per heavy atom. The van der Waals surface area contributed by atoms with Crippen molar-refractivity contribution < 1.29 is 4.74 Å². The quantitative estimate of drug-likeness (QED) is 0.763. The highest BCUT2D eigenvalue weighted by Crippen LogP contribution is 2.18. The normalized spacial score (nSPS) is 25.1. The Kier molecular flexibility index (Phi) is 3.96. The number of aromatic nitrogens is 2. The van der Waals surface area contributed by atoms with Gasteiger partial charge in [0.25, 0.3) is 0 Å². The Labute approximate surface area is 97.0 Å². The number of rotatable bonds is 5. The van der Waals surface area contributed by atoms with Crippen molar-refractivity contribution >= 4 is 0 Å². The maximum atomic E-state index is 5.53. The molecule has 1 N–H and O–H groups in total. The highest BCUT2D eigenvalue weighted by atomic mass is 16.5. The lowest BCUT2D eigenvalue weighted by Crippen LogP contribution is -2.29. The number of ether oxygens (including phenoxy) is 1. The van der Waals surface area contributed by atoms with Gasteiger partial charge >= 0.3 is 0 Å². The third kappa shape index (κ3) is 2.83. The molecule has 2 unspecified atom stereocenters. The molecule has 1 aliphatic heterocycles. The minimum absolute atomic E-state index is 0.419. The van der Waals surface area contributed by atoms with Crippen LogP contribution in [0.15, 0.2) is 12.4 Å². The van der Waals surface area contributed by atoms with Crippen LogP contribution in [0.1, 0.15) is 19.2 Å². The largest absolute Gasteiger partial charge is 0.378 e. The van der Waals surface area contributed by atoms with Gasteiger partial charge in [-0.1, -0.05) is 0 Å². The number of nitrogens with one attached hydrogen (secondary N) is 1. The van der Waals surface area contributed by atoms with Crippen LogP contribution in [0.4, 0.5) is 0 Å². The Hall–Kier alpha value is -0.870. The van der Waals surface area contributed by atoms with Crippen molar-refractivity contribution in [2.24, 2.45) is 5.92 Å². The molecule has 0 aliphatic carbocycles. The van der Waals surface area contributed by atoms with Gasteiger partial charge in [-0.2, -0.15) is 0 Å². The summed E-state index contributed by atoms with van der Waals surface area (Å²) in [4.78, 5) is 4.20. The molecule has 1 aromatic rings. The summed E-state index contributed by atoms with van der Waals surface area (Å²) in [6.07, 6.45) is 5.49. The Morgan fingerprint density at radius 1 is 1.62 bits per heavy atom. The van der Waals surface area contributed by atoms with Crippen LogP contribution in [0.2, 0.25) is 0 Å². The molecular formula is C12H21N3O. The molecule has 0 bridgehead atoms. The molecule has 1 fully saturated rings. The second-order valence-corrected chi connectivity index (χ2v) is 4.50. The minimum atomic E-state index is 0.419. The Morgan fingerprint density at radius 2 is 2.50 bits per heavy atom. The van der Waals surface area contributed by atoms with E-state index in [1.54, 1.807) is 0 Å². The predicted octanol–water partition coefficient (Wildman–Crippen LogP) is 1.21. The number of hydrogen-bond acceptors (Lipinski definition) is 3. The molecule has 16 heavy (non-hydrogen) atoms. The summed E-state index contributed by atoms with van der Waals surface area (Å²) in [5.74, 6) is 1.77. The lowest BCUT2D eigenvalue weighted by molar-refractivity contribution is 0.105. The highest BCUT2D eigenvalue weighted by Gasteiger charge is 2.23. The minimum Gasteiger partial charge on any atom is -0.378 e. The van der Waals surface area contributed by atoms with Crippen LogP contribution in [0.3, 0.4) is 0 Å². The van der Waals surface area contributed by atoms with Crippen molar-refractivity contribution in [2.45, 2.75) is 32.9 Å². The zero-order valence-electron chi connectivity index (χ0n) is 10.1. The van der Waals surface area contributed by atoms with Gasteiger partial charge in [0.05, 0.1) is 6.10 Å². The summed E-state index contributed by atoms with van der Waals surface area (Å²) < 4.78 is 7.70. The molecule has 1 aromatic heterocycles. The first-order valence-electron chi connectivity index (χ1n) is 6.07. The lowest BCUT2D eigenvalue weighted by Gasteiger charge is -2.15. The third-order valence-electron chi connectivity index (χ3n) is 3.39. The van der Waals surface area contributed by atoms with Crippen LogP contribution in [0.5, 0.6) is 0 Å². The predicted molar refractivity (Wildman–Crippen MR) is 63.4 cm³/mol. The maximum Gasteiger partial charge on any atom is 0.105 e. The molecule has 90 valence electrons. The summed E-state index contributed by atoms with van der Waals surface area (Å²) >= 11 is 0. The molecular weight excluding hydrogens is 202 g/mol. The first-order valence-corrected chi connectivity index (χ1v) is 6.07. The third-order valence-corrected chi connectivity index (χ3v) is 3.39. The molecule has 0 radical (unpaired) electrons. The second-order valence-electron chi connectivity index (χ2n) is 4.50. The van der Waals surface area contributed by atoms with E-state index in [4.69, 9.17) is 4.74 Å². The van der Waals surface area contributed by atoms with Crippen LogP contribution >= 0.6 is 0 Å². The summed E-state index contributed by atoms with van der Waals surface area (Å²) in [7, 11) is 0. The van der Waals surface area contributed by atoms with E-state index in [1.165, 1.54) is 6.42 Å². The maximum absolute atomic E-state index is 5.53. The van der Waals surface area contributed by atoms with Gasteiger partial charge in [0.1, 0.15) is 5.82 Å². The van der Waals surface area contributed by atoms with Gasteiger partial charge in [0, 0.05) is 38.6 Å². The fourth-order valence-corrected chi connectivity index (χ4v) is 2.17. The zero-order valence-corrected chi connectivity index (χ0v) is 10.1. The van der Waals surface area contributed by atoms with Crippen molar-refractivity contribution in [1.29, 1.82) is 0 Å². The molecule has 1 aliphatic rings. The molecule has 1 saturated heterocycles. The zero-order chi connectivity index (χ0) is 11.4. The van der Waals surface area contributed by atoms with Crippen LogP contribution in [-0.2, 0) is 11.3 Å². The van der Waals surface area contributed by atoms with Crippen LogP contribution in [0, 0.1) is 12.8 Å². The first kappa shape index (κ1) is 11.6. The van der Waals surface area contributed by atoms with Gasteiger partial charge in [0.2, 0.25) is 0 Å². The van der Waals surface area contributed by atoms with E-state index in [-0.39, 0.29) is 0 Å². The molecule has 2 rings (SSSR count). The van der Waals surface area contributed by atoms with E-state index < -0.39 is 0 Å². The molecule has 0 saturated carbocycles. The standard InChI is InChI=1S/C12H21N3O/c1-10-12(3-8-16-10)9-13-4-6-15-7-5-14-11(15)2/h5,7,10,12-13H,3-4,6,8-9H2,1-2H3. The smallest absolute Gasteiger partial charge is 0.105 e.